The number of carboxylic acid groups (broad SMARTS) is 1. The SMILES string of the molecule is C[C@@H](NS(=O)(=O)c1ccc2[nH]c(=O)n(C)c(=O)c2c1)C(=O)O. The molecule has 0 bridgehead atoms. The molecule has 0 aliphatic heterocycles. The van der Waals surface area contributed by atoms with Crippen molar-refractivity contribution in [1.82, 2.24) is 14.3 Å². The zero-order valence-electron chi connectivity index (χ0n) is 11.7. The van der Waals surface area contributed by atoms with Crippen LogP contribution in [-0.2, 0) is 21.9 Å². The number of benzene rings is 1. The van der Waals surface area contributed by atoms with Crippen LogP contribution in [0.3, 0.4) is 0 Å². The van der Waals surface area contributed by atoms with Crippen LogP contribution in [0.5, 0.6) is 0 Å². The molecule has 0 aliphatic carbocycles. The van der Waals surface area contributed by atoms with Gasteiger partial charge in [-0.05, 0) is 25.1 Å². The molecule has 0 unspecified atom stereocenters. The van der Waals surface area contributed by atoms with E-state index in [1.165, 1.54) is 26.1 Å². The maximum absolute atomic E-state index is 12.1. The average Bonchev–Trinajstić information content (AvgIpc) is 2.44. The lowest BCUT2D eigenvalue weighted by Gasteiger charge is -2.10. The van der Waals surface area contributed by atoms with E-state index in [0.29, 0.717) is 0 Å². The van der Waals surface area contributed by atoms with Gasteiger partial charge in [-0.3, -0.25) is 14.2 Å². The molecule has 0 amide bonds. The van der Waals surface area contributed by atoms with E-state index in [0.717, 1.165) is 10.6 Å². The summed E-state index contributed by atoms with van der Waals surface area (Å²) in [5, 5.41) is 8.76. The molecule has 10 heteroatoms. The second-order valence-corrected chi connectivity index (χ2v) is 6.40. The fourth-order valence-electron chi connectivity index (χ4n) is 1.80. The molecule has 1 aromatic carbocycles. The number of carbonyl (C=O) groups is 1. The summed E-state index contributed by atoms with van der Waals surface area (Å²) >= 11 is 0. The summed E-state index contributed by atoms with van der Waals surface area (Å²) in [7, 11) is -2.85. The molecule has 0 fully saturated rings. The molecule has 2 rings (SSSR count). The van der Waals surface area contributed by atoms with E-state index in [1.807, 2.05) is 4.72 Å². The third-order valence-corrected chi connectivity index (χ3v) is 4.62. The van der Waals surface area contributed by atoms with Crippen LogP contribution >= 0.6 is 0 Å². The van der Waals surface area contributed by atoms with Crippen molar-refractivity contribution in [3.05, 3.63) is 39.0 Å². The Kier molecular flexibility index (Phi) is 3.90. The van der Waals surface area contributed by atoms with E-state index in [1.54, 1.807) is 0 Å². The van der Waals surface area contributed by atoms with Gasteiger partial charge in [-0.25, -0.2) is 13.2 Å². The van der Waals surface area contributed by atoms with Gasteiger partial charge < -0.3 is 10.1 Å². The summed E-state index contributed by atoms with van der Waals surface area (Å²) in [6.07, 6.45) is 0. The van der Waals surface area contributed by atoms with Crippen LogP contribution in [0, 0.1) is 0 Å². The van der Waals surface area contributed by atoms with Gasteiger partial charge in [-0.1, -0.05) is 0 Å². The molecule has 0 saturated heterocycles. The minimum atomic E-state index is -4.11. The van der Waals surface area contributed by atoms with Crippen molar-refractivity contribution in [2.24, 2.45) is 7.05 Å². The number of hydrogen-bond donors (Lipinski definition) is 3. The Bertz CT molecular complexity index is 972. The van der Waals surface area contributed by atoms with E-state index < -0.39 is 33.3 Å². The van der Waals surface area contributed by atoms with Gasteiger partial charge in [0.1, 0.15) is 6.04 Å². The Hall–Kier alpha value is -2.46. The number of carboxylic acids is 1. The highest BCUT2D eigenvalue weighted by Crippen LogP contribution is 2.14. The molecule has 1 atom stereocenters. The quantitative estimate of drug-likeness (QED) is 0.657. The maximum atomic E-state index is 12.1. The highest BCUT2D eigenvalue weighted by molar-refractivity contribution is 7.89. The second-order valence-electron chi connectivity index (χ2n) is 4.68. The Morgan fingerprint density at radius 2 is 2.00 bits per heavy atom. The second kappa shape index (κ2) is 5.39. The zero-order chi connectivity index (χ0) is 16.7. The first-order valence-electron chi connectivity index (χ1n) is 6.11. The van der Waals surface area contributed by atoms with Crippen molar-refractivity contribution >= 4 is 26.9 Å². The van der Waals surface area contributed by atoms with Gasteiger partial charge in [-0.15, -0.1) is 0 Å². The van der Waals surface area contributed by atoms with Crippen LogP contribution in [-0.4, -0.2) is 35.1 Å². The molecule has 22 heavy (non-hydrogen) atoms. The molecule has 1 heterocycles. The summed E-state index contributed by atoms with van der Waals surface area (Å²) < 4.78 is 27.0. The molecule has 0 radical (unpaired) electrons. The summed E-state index contributed by atoms with van der Waals surface area (Å²) in [5.41, 5.74) is -1.08. The highest BCUT2D eigenvalue weighted by atomic mass is 32.2. The molecule has 1 aromatic heterocycles. The number of nitrogens with one attached hydrogen (secondary N) is 2. The number of hydrogen-bond acceptors (Lipinski definition) is 5. The highest BCUT2D eigenvalue weighted by Gasteiger charge is 2.22. The first-order valence-corrected chi connectivity index (χ1v) is 7.60. The van der Waals surface area contributed by atoms with E-state index >= 15 is 0 Å². The summed E-state index contributed by atoms with van der Waals surface area (Å²) in [6.45, 7) is 1.18. The van der Waals surface area contributed by atoms with Crippen LogP contribution in [0.4, 0.5) is 0 Å². The monoisotopic (exact) mass is 327 g/mol. The molecule has 0 aliphatic rings. The average molecular weight is 327 g/mol. The fraction of sp³-hybridized carbons (Fsp3) is 0.250. The largest absolute Gasteiger partial charge is 0.480 e. The summed E-state index contributed by atoms with van der Waals surface area (Å²) in [4.78, 5) is 36.4. The number of rotatable bonds is 4. The Morgan fingerprint density at radius 3 is 2.59 bits per heavy atom. The number of H-pyrrole nitrogens is 1. The molecule has 0 saturated carbocycles. The van der Waals surface area contributed by atoms with E-state index in [-0.39, 0.29) is 15.8 Å². The zero-order valence-corrected chi connectivity index (χ0v) is 12.5. The fourth-order valence-corrected chi connectivity index (χ4v) is 3.02. The Morgan fingerprint density at radius 1 is 1.36 bits per heavy atom. The lowest BCUT2D eigenvalue weighted by Crippen LogP contribution is -2.38. The predicted octanol–water partition coefficient (Wildman–Crippen LogP) is -1.02. The number of aliphatic carboxylic acids is 1. The number of fused-ring (bicyclic) bond motifs is 1. The van der Waals surface area contributed by atoms with Gasteiger partial charge in [0.2, 0.25) is 10.0 Å². The van der Waals surface area contributed by atoms with Crippen LogP contribution in [0.15, 0.2) is 32.7 Å². The van der Waals surface area contributed by atoms with Crippen molar-refractivity contribution in [1.29, 1.82) is 0 Å². The first-order chi connectivity index (χ1) is 10.1. The number of aromatic amines is 1. The number of aromatic nitrogens is 2. The normalized spacial score (nSPS) is 13.2. The van der Waals surface area contributed by atoms with Crippen LogP contribution in [0.25, 0.3) is 10.9 Å². The van der Waals surface area contributed by atoms with Crippen LogP contribution in [0.2, 0.25) is 0 Å². The van der Waals surface area contributed by atoms with Crippen molar-refractivity contribution < 1.29 is 18.3 Å². The minimum Gasteiger partial charge on any atom is -0.480 e. The van der Waals surface area contributed by atoms with Crippen molar-refractivity contribution in [3.63, 3.8) is 0 Å². The third kappa shape index (κ3) is 2.78. The Labute approximate surface area is 124 Å². The summed E-state index contributed by atoms with van der Waals surface area (Å²) in [6, 6.07) is 2.22. The standard InChI is InChI=1S/C12H13N3O6S/c1-6(11(17)18)14-22(20,21)7-3-4-9-8(5-7)10(16)15(2)12(19)13-9/h3-6,14H,1-2H3,(H,13,19)(H,17,18)/t6-/m1/s1. The topological polar surface area (TPSA) is 138 Å². The molecule has 0 spiro atoms. The van der Waals surface area contributed by atoms with Gasteiger partial charge in [0.25, 0.3) is 5.56 Å². The molecular weight excluding hydrogens is 314 g/mol. The first kappa shape index (κ1) is 15.9. The maximum Gasteiger partial charge on any atom is 0.328 e. The Balaban J connectivity index is 2.61. The number of sulfonamides is 1. The van der Waals surface area contributed by atoms with Crippen molar-refractivity contribution in [2.45, 2.75) is 17.9 Å². The van der Waals surface area contributed by atoms with Crippen molar-refractivity contribution in [2.75, 3.05) is 0 Å². The molecule has 9 nitrogen and oxygen atoms in total. The van der Waals surface area contributed by atoms with E-state index in [9.17, 15) is 22.8 Å². The van der Waals surface area contributed by atoms with Gasteiger partial charge in [0, 0.05) is 7.05 Å². The van der Waals surface area contributed by atoms with E-state index in [4.69, 9.17) is 5.11 Å². The third-order valence-electron chi connectivity index (χ3n) is 3.08. The number of nitrogens with zero attached hydrogens (tertiary/aromatic N) is 1. The minimum absolute atomic E-state index is 0.00736. The molecular formula is C12H13N3O6S. The molecule has 2 aromatic rings. The van der Waals surface area contributed by atoms with E-state index in [2.05, 4.69) is 4.98 Å². The van der Waals surface area contributed by atoms with Crippen molar-refractivity contribution in [3.8, 4) is 0 Å². The van der Waals surface area contributed by atoms with Gasteiger partial charge in [0.15, 0.2) is 0 Å². The van der Waals surface area contributed by atoms with Gasteiger partial charge in [-0.2, -0.15) is 4.72 Å². The molecule has 3 N–H and O–H groups in total. The smallest absolute Gasteiger partial charge is 0.328 e. The lowest BCUT2D eigenvalue weighted by molar-refractivity contribution is -0.138. The van der Waals surface area contributed by atoms with Crippen LogP contribution in [0.1, 0.15) is 6.92 Å². The molecule has 118 valence electrons. The van der Waals surface area contributed by atoms with Crippen LogP contribution < -0.4 is 16.0 Å². The van der Waals surface area contributed by atoms with Gasteiger partial charge >= 0.3 is 11.7 Å². The van der Waals surface area contributed by atoms with Gasteiger partial charge in [0.05, 0.1) is 15.8 Å². The summed E-state index contributed by atoms with van der Waals surface area (Å²) in [5.74, 6) is -1.33. The lowest BCUT2D eigenvalue weighted by atomic mass is 10.2. The predicted molar refractivity (Wildman–Crippen MR) is 77.2 cm³/mol.